The third kappa shape index (κ3) is 3.07. The lowest BCUT2D eigenvalue weighted by molar-refractivity contribution is 0.104. The van der Waals surface area contributed by atoms with Crippen molar-refractivity contribution in [3.05, 3.63) is 119 Å². The summed E-state index contributed by atoms with van der Waals surface area (Å²) in [5, 5.41) is 2.50. The summed E-state index contributed by atoms with van der Waals surface area (Å²) in [4.78, 5) is 15.9. The molecule has 1 aliphatic rings. The second kappa shape index (κ2) is 7.67. The fourth-order valence-corrected chi connectivity index (χ4v) is 5.80. The van der Waals surface area contributed by atoms with Crippen molar-refractivity contribution in [2.45, 2.75) is 9.79 Å². The molecular weight excluding hydrogens is 432 g/mol. The van der Waals surface area contributed by atoms with Gasteiger partial charge in [-0.1, -0.05) is 102 Å². The minimum absolute atomic E-state index is 0.0147. The van der Waals surface area contributed by atoms with E-state index in [2.05, 4.69) is 36.4 Å². The van der Waals surface area contributed by atoms with Crippen molar-refractivity contribution in [1.82, 2.24) is 0 Å². The maximum Gasteiger partial charge on any atom is 0.193 e. The fraction of sp³-hybridized carbons (Fsp3) is 0. The number of carbonyl (C=O) groups excluding carboxylic acids is 1. The van der Waals surface area contributed by atoms with Gasteiger partial charge in [-0.05, 0) is 46.5 Å². The standard InChI is InChI=1S/C29H17ClOS/c30-24-16-14-22-21-8-4-5-9-25(21)32-26-17-15-23(27(24)28(22)26)29(31)20-12-10-19(11-13-20)18-6-2-1-3-7-18/h1-17H. The minimum Gasteiger partial charge on any atom is -0.289 e. The molecule has 5 aromatic carbocycles. The van der Waals surface area contributed by atoms with Gasteiger partial charge >= 0.3 is 0 Å². The molecule has 0 fully saturated rings. The molecule has 5 aromatic rings. The zero-order valence-corrected chi connectivity index (χ0v) is 18.6. The van der Waals surface area contributed by atoms with E-state index in [9.17, 15) is 4.79 Å². The van der Waals surface area contributed by atoms with E-state index in [4.69, 9.17) is 11.6 Å². The predicted molar refractivity (Wildman–Crippen MR) is 134 cm³/mol. The minimum atomic E-state index is -0.0147. The molecule has 0 aromatic heterocycles. The van der Waals surface area contributed by atoms with Gasteiger partial charge in [0.1, 0.15) is 0 Å². The average Bonchev–Trinajstić information content (AvgIpc) is 2.86. The summed E-state index contributed by atoms with van der Waals surface area (Å²) in [5.41, 5.74) is 5.83. The highest BCUT2D eigenvalue weighted by Gasteiger charge is 2.24. The van der Waals surface area contributed by atoms with Gasteiger partial charge in [-0.2, -0.15) is 0 Å². The Labute approximate surface area is 195 Å². The third-order valence-corrected chi connectivity index (χ3v) is 7.42. The number of hydrogen-bond donors (Lipinski definition) is 0. The number of carbonyl (C=O) groups is 1. The molecule has 0 N–H and O–H groups in total. The lowest BCUT2D eigenvalue weighted by atomic mass is 9.91. The van der Waals surface area contributed by atoms with Gasteiger partial charge < -0.3 is 0 Å². The maximum atomic E-state index is 13.6. The van der Waals surface area contributed by atoms with Gasteiger partial charge in [0.15, 0.2) is 5.78 Å². The zero-order valence-electron chi connectivity index (χ0n) is 17.0. The van der Waals surface area contributed by atoms with Crippen LogP contribution < -0.4 is 0 Å². The topological polar surface area (TPSA) is 17.1 Å². The summed E-state index contributed by atoms with van der Waals surface area (Å²) in [6.07, 6.45) is 0. The van der Waals surface area contributed by atoms with Gasteiger partial charge in [0.05, 0.1) is 0 Å². The van der Waals surface area contributed by atoms with E-state index in [0.29, 0.717) is 16.1 Å². The average molecular weight is 449 g/mol. The molecule has 0 spiro atoms. The largest absolute Gasteiger partial charge is 0.289 e. The lowest BCUT2D eigenvalue weighted by Gasteiger charge is -2.22. The molecule has 1 heterocycles. The molecule has 0 bridgehead atoms. The number of hydrogen-bond acceptors (Lipinski definition) is 2. The third-order valence-electron chi connectivity index (χ3n) is 5.97. The number of fused-ring (bicyclic) bond motifs is 2. The molecular formula is C29H17ClOS. The number of benzene rings is 5. The van der Waals surface area contributed by atoms with Crippen LogP contribution in [0, 0.1) is 0 Å². The first-order chi connectivity index (χ1) is 15.7. The predicted octanol–water partition coefficient (Wildman–Crippen LogP) is 8.52. The molecule has 152 valence electrons. The second-order valence-corrected chi connectivity index (χ2v) is 9.32. The van der Waals surface area contributed by atoms with Crippen LogP contribution in [0.3, 0.4) is 0 Å². The van der Waals surface area contributed by atoms with Crippen LogP contribution in [-0.2, 0) is 0 Å². The summed E-state index contributed by atoms with van der Waals surface area (Å²) in [7, 11) is 0. The van der Waals surface area contributed by atoms with E-state index < -0.39 is 0 Å². The first-order valence-electron chi connectivity index (χ1n) is 10.4. The van der Waals surface area contributed by atoms with Gasteiger partial charge in [0, 0.05) is 36.7 Å². The monoisotopic (exact) mass is 448 g/mol. The Bertz CT molecular complexity index is 1500. The maximum absolute atomic E-state index is 13.6. The van der Waals surface area contributed by atoms with Crippen molar-refractivity contribution >= 4 is 39.9 Å². The van der Waals surface area contributed by atoms with Crippen LogP contribution in [0.4, 0.5) is 0 Å². The quantitative estimate of drug-likeness (QED) is 0.252. The highest BCUT2D eigenvalue weighted by Crippen LogP contribution is 2.50. The summed E-state index contributed by atoms with van der Waals surface area (Å²) in [6, 6.07) is 34.3. The number of rotatable bonds is 3. The molecule has 1 nitrogen and oxygen atoms in total. The van der Waals surface area contributed by atoms with E-state index in [1.165, 1.54) is 10.5 Å². The molecule has 6 rings (SSSR count). The van der Waals surface area contributed by atoms with Crippen LogP contribution >= 0.6 is 23.4 Å². The van der Waals surface area contributed by atoms with Gasteiger partial charge in [0.2, 0.25) is 0 Å². The summed E-state index contributed by atoms with van der Waals surface area (Å²) < 4.78 is 0. The van der Waals surface area contributed by atoms with Crippen molar-refractivity contribution in [2.75, 3.05) is 0 Å². The Morgan fingerprint density at radius 2 is 1.31 bits per heavy atom. The molecule has 0 atom stereocenters. The molecule has 0 saturated carbocycles. The van der Waals surface area contributed by atoms with Crippen molar-refractivity contribution in [2.24, 2.45) is 0 Å². The van der Waals surface area contributed by atoms with Crippen molar-refractivity contribution in [3.8, 4) is 22.3 Å². The van der Waals surface area contributed by atoms with E-state index in [1.807, 2.05) is 66.7 Å². The van der Waals surface area contributed by atoms with Crippen LogP contribution in [-0.4, -0.2) is 5.78 Å². The Morgan fingerprint density at radius 1 is 0.594 bits per heavy atom. The Morgan fingerprint density at radius 3 is 2.12 bits per heavy atom. The molecule has 0 radical (unpaired) electrons. The fourth-order valence-electron chi connectivity index (χ4n) is 4.42. The first kappa shape index (κ1) is 19.4. The molecule has 0 unspecified atom stereocenters. The molecule has 3 heteroatoms. The van der Waals surface area contributed by atoms with Crippen LogP contribution in [0.2, 0.25) is 5.02 Å². The van der Waals surface area contributed by atoms with Gasteiger partial charge in [0.25, 0.3) is 0 Å². The second-order valence-electron chi connectivity index (χ2n) is 7.83. The highest BCUT2D eigenvalue weighted by molar-refractivity contribution is 7.99. The van der Waals surface area contributed by atoms with E-state index in [1.54, 1.807) is 11.8 Å². The first-order valence-corrected chi connectivity index (χ1v) is 11.6. The highest BCUT2D eigenvalue weighted by atomic mass is 35.5. The SMILES string of the molecule is O=C(c1ccc(-c2ccccc2)cc1)c1ccc2c3c(ccc(Cl)c13)-c1ccccc1S2. The Kier molecular flexibility index (Phi) is 4.64. The number of halogens is 1. The van der Waals surface area contributed by atoms with Crippen molar-refractivity contribution < 1.29 is 4.79 Å². The molecule has 1 aliphatic heterocycles. The van der Waals surface area contributed by atoms with Gasteiger partial charge in [-0.3, -0.25) is 4.79 Å². The van der Waals surface area contributed by atoms with Gasteiger partial charge in [-0.15, -0.1) is 0 Å². The van der Waals surface area contributed by atoms with Crippen LogP contribution in [0.25, 0.3) is 33.0 Å². The summed E-state index contributed by atoms with van der Waals surface area (Å²) >= 11 is 8.42. The number of ketones is 1. The van der Waals surface area contributed by atoms with Crippen LogP contribution in [0.15, 0.2) is 113 Å². The van der Waals surface area contributed by atoms with Crippen LogP contribution in [0.1, 0.15) is 15.9 Å². The molecule has 0 aliphatic carbocycles. The van der Waals surface area contributed by atoms with Crippen molar-refractivity contribution in [3.63, 3.8) is 0 Å². The molecule has 0 saturated heterocycles. The Hall–Kier alpha value is -3.33. The van der Waals surface area contributed by atoms with Crippen LogP contribution in [0.5, 0.6) is 0 Å². The molecule has 0 amide bonds. The van der Waals surface area contributed by atoms with E-state index >= 15 is 0 Å². The molecule has 32 heavy (non-hydrogen) atoms. The zero-order chi connectivity index (χ0) is 21.7. The smallest absolute Gasteiger partial charge is 0.193 e. The Balaban J connectivity index is 1.49. The normalized spacial score (nSPS) is 11.9. The van der Waals surface area contributed by atoms with Gasteiger partial charge in [-0.25, -0.2) is 0 Å². The van der Waals surface area contributed by atoms with E-state index in [0.717, 1.165) is 32.4 Å². The summed E-state index contributed by atoms with van der Waals surface area (Å²) in [5.74, 6) is -0.0147. The summed E-state index contributed by atoms with van der Waals surface area (Å²) in [6.45, 7) is 0. The van der Waals surface area contributed by atoms with E-state index in [-0.39, 0.29) is 5.78 Å². The lowest BCUT2D eigenvalue weighted by Crippen LogP contribution is -2.04. The van der Waals surface area contributed by atoms with Crippen molar-refractivity contribution in [1.29, 1.82) is 0 Å².